The van der Waals surface area contributed by atoms with E-state index in [1.54, 1.807) is 16.2 Å². The largest absolute Gasteiger partial charge is 0.342 e. The summed E-state index contributed by atoms with van der Waals surface area (Å²) in [5, 5.41) is 7.36. The smallest absolute Gasteiger partial charge is 0.262 e. The van der Waals surface area contributed by atoms with E-state index in [0.29, 0.717) is 6.04 Å². The number of carbonyl (C=O) groups excluding carboxylic acids is 1. The van der Waals surface area contributed by atoms with Crippen LogP contribution in [-0.2, 0) is 0 Å². The Morgan fingerprint density at radius 2 is 2.00 bits per heavy atom. The fraction of sp³-hybridized carbons (Fsp3) is 0.471. The summed E-state index contributed by atoms with van der Waals surface area (Å²) in [5.74, 6) is 0.0696. The third kappa shape index (κ3) is 3.26. The van der Waals surface area contributed by atoms with Crippen molar-refractivity contribution in [2.45, 2.75) is 38.8 Å². The van der Waals surface area contributed by atoms with E-state index in [1.165, 1.54) is 42.1 Å². The minimum absolute atomic E-state index is 0.0696. The van der Waals surface area contributed by atoms with Gasteiger partial charge in [-0.15, -0.1) is 22.7 Å². The van der Waals surface area contributed by atoms with Crippen LogP contribution in [0, 0.1) is 6.92 Å². The van der Waals surface area contributed by atoms with E-state index in [4.69, 9.17) is 0 Å². The monoisotopic (exact) mass is 335 g/mol. The topological polar surface area (TPSA) is 33.5 Å². The lowest BCUT2D eigenvalue weighted by Gasteiger charge is -2.29. The Kier molecular flexibility index (Phi) is 4.96. The van der Waals surface area contributed by atoms with Crippen molar-refractivity contribution in [3.8, 4) is 0 Å². The molecule has 0 radical (unpaired) electrons. The molecule has 22 heavy (non-hydrogen) atoms. The molecule has 0 saturated carbocycles. The van der Waals surface area contributed by atoms with E-state index in [-0.39, 0.29) is 11.9 Å². The lowest BCUT2D eigenvalue weighted by molar-refractivity contribution is -0.920. The van der Waals surface area contributed by atoms with Gasteiger partial charge in [-0.1, -0.05) is 6.07 Å². The molecule has 3 rings (SSSR count). The van der Waals surface area contributed by atoms with Crippen molar-refractivity contribution in [1.29, 1.82) is 0 Å². The summed E-state index contributed by atoms with van der Waals surface area (Å²) >= 11 is 3.33. The van der Waals surface area contributed by atoms with Gasteiger partial charge in [0.2, 0.25) is 0 Å². The highest BCUT2D eigenvalue weighted by Crippen LogP contribution is 2.22. The minimum atomic E-state index is 0.0696. The number of carbonyl (C=O) groups is 1. The zero-order chi connectivity index (χ0) is 15.5. The van der Waals surface area contributed by atoms with Crippen LogP contribution in [0.3, 0.4) is 0 Å². The van der Waals surface area contributed by atoms with Gasteiger partial charge in [0, 0.05) is 12.8 Å². The lowest BCUT2D eigenvalue weighted by Crippen LogP contribution is -3.11. The molecule has 0 aromatic carbocycles. The van der Waals surface area contributed by atoms with E-state index in [9.17, 15) is 4.79 Å². The average molecular weight is 336 g/mol. The molecule has 0 spiro atoms. The van der Waals surface area contributed by atoms with Gasteiger partial charge in [-0.3, -0.25) is 4.79 Å². The predicted octanol–water partition coefficient (Wildman–Crippen LogP) is 2.66. The molecular formula is C17H23N2OS2+. The second-order valence-electron chi connectivity index (χ2n) is 6.05. The van der Waals surface area contributed by atoms with Gasteiger partial charge in [0.25, 0.3) is 5.91 Å². The number of hydrogen-bond donors (Lipinski definition) is 2. The second kappa shape index (κ2) is 6.94. The molecule has 2 aromatic heterocycles. The summed E-state index contributed by atoms with van der Waals surface area (Å²) in [4.78, 5) is 16.4. The van der Waals surface area contributed by atoms with Crippen molar-refractivity contribution < 1.29 is 9.69 Å². The summed E-state index contributed by atoms with van der Waals surface area (Å²) in [6.45, 7) is 6.57. The zero-order valence-corrected chi connectivity index (χ0v) is 14.7. The molecule has 1 saturated heterocycles. The van der Waals surface area contributed by atoms with Gasteiger partial charge in [0.15, 0.2) is 0 Å². The number of likely N-dealkylation sites (tertiary alicyclic amines) is 1. The van der Waals surface area contributed by atoms with E-state index < -0.39 is 0 Å². The molecule has 5 heteroatoms. The average Bonchev–Trinajstić information content (AvgIpc) is 3.20. The number of hydrogen-bond acceptors (Lipinski definition) is 3. The molecule has 1 aliphatic rings. The molecule has 2 N–H and O–H groups in total. The molecular weight excluding hydrogens is 312 g/mol. The van der Waals surface area contributed by atoms with Crippen LogP contribution in [0.1, 0.15) is 45.9 Å². The molecule has 118 valence electrons. The van der Waals surface area contributed by atoms with Crippen LogP contribution in [0.4, 0.5) is 0 Å². The van der Waals surface area contributed by atoms with Crippen LogP contribution in [0.25, 0.3) is 0 Å². The van der Waals surface area contributed by atoms with Crippen molar-refractivity contribution in [2.24, 2.45) is 0 Å². The normalized spacial score (nSPS) is 18.3. The molecule has 0 unspecified atom stereocenters. The maximum absolute atomic E-state index is 12.5. The van der Waals surface area contributed by atoms with Crippen LogP contribution in [0.15, 0.2) is 29.0 Å². The minimum Gasteiger partial charge on any atom is -0.342 e. The Balaban J connectivity index is 1.76. The van der Waals surface area contributed by atoms with Crippen LogP contribution < -0.4 is 10.2 Å². The number of nitrogens with one attached hydrogen (secondary N) is 2. The van der Waals surface area contributed by atoms with Gasteiger partial charge < -0.3 is 10.2 Å². The van der Waals surface area contributed by atoms with Gasteiger partial charge in [-0.25, -0.2) is 0 Å². The van der Waals surface area contributed by atoms with E-state index >= 15 is 0 Å². The highest BCUT2D eigenvalue weighted by Gasteiger charge is 2.34. The lowest BCUT2D eigenvalue weighted by atomic mass is 10.1. The Morgan fingerprint density at radius 3 is 2.59 bits per heavy atom. The van der Waals surface area contributed by atoms with Gasteiger partial charge in [-0.2, -0.15) is 0 Å². The van der Waals surface area contributed by atoms with Crippen LogP contribution in [0.5, 0.6) is 0 Å². The fourth-order valence-electron chi connectivity index (χ4n) is 3.37. The quantitative estimate of drug-likeness (QED) is 0.865. The van der Waals surface area contributed by atoms with E-state index in [2.05, 4.69) is 29.8 Å². The number of rotatable bonds is 5. The molecule has 1 amide bonds. The third-order valence-corrected chi connectivity index (χ3v) is 6.43. The Morgan fingerprint density at radius 1 is 1.23 bits per heavy atom. The Bertz CT molecular complexity index is 614. The first kappa shape index (κ1) is 15.7. The first-order chi connectivity index (χ1) is 10.7. The highest BCUT2D eigenvalue weighted by atomic mass is 32.1. The Labute approximate surface area is 140 Å². The van der Waals surface area contributed by atoms with Crippen molar-refractivity contribution in [2.75, 3.05) is 13.1 Å². The van der Waals surface area contributed by atoms with Crippen molar-refractivity contribution >= 4 is 28.6 Å². The molecule has 0 aliphatic carbocycles. The number of thiophene rings is 2. The van der Waals surface area contributed by atoms with E-state index in [0.717, 1.165) is 10.4 Å². The van der Waals surface area contributed by atoms with E-state index in [1.807, 2.05) is 18.4 Å². The third-order valence-electron chi connectivity index (χ3n) is 4.46. The summed E-state index contributed by atoms with van der Waals surface area (Å²) in [6.07, 6.45) is 2.59. The first-order valence-corrected chi connectivity index (χ1v) is 9.65. The van der Waals surface area contributed by atoms with Crippen LogP contribution in [-0.4, -0.2) is 25.0 Å². The van der Waals surface area contributed by atoms with Crippen LogP contribution in [0.2, 0.25) is 0 Å². The second-order valence-corrected chi connectivity index (χ2v) is 7.95. The van der Waals surface area contributed by atoms with Gasteiger partial charge in [0.1, 0.15) is 6.04 Å². The standard InChI is InChI=1S/C17H22N2OS2/c1-12-7-11-22-16(12)17(20)18-13(2)15(14-6-5-10-21-14)19-8-3-4-9-19/h5-7,10-11,13,15H,3-4,8-9H2,1-2H3,(H,18,20)/p+1/t13-,15-/m0/s1. The number of amides is 1. The number of aryl methyl sites for hydroxylation is 1. The molecule has 3 heterocycles. The fourth-order valence-corrected chi connectivity index (χ4v) is 5.19. The molecule has 2 atom stereocenters. The molecule has 1 aliphatic heterocycles. The molecule has 3 nitrogen and oxygen atoms in total. The first-order valence-electron chi connectivity index (χ1n) is 7.89. The van der Waals surface area contributed by atoms with Gasteiger partial charge in [0.05, 0.1) is 28.9 Å². The SMILES string of the molecule is Cc1ccsc1C(=O)N[C@@H](C)[C@@H](c1cccs1)[NH+]1CCCC1. The maximum atomic E-state index is 12.5. The number of quaternary nitrogens is 1. The summed E-state index contributed by atoms with van der Waals surface area (Å²) < 4.78 is 0. The van der Waals surface area contributed by atoms with Crippen molar-refractivity contribution in [3.05, 3.63) is 44.3 Å². The van der Waals surface area contributed by atoms with Crippen molar-refractivity contribution in [1.82, 2.24) is 5.32 Å². The molecule has 0 bridgehead atoms. The molecule has 2 aromatic rings. The van der Waals surface area contributed by atoms with Crippen molar-refractivity contribution in [3.63, 3.8) is 0 Å². The van der Waals surface area contributed by atoms with Gasteiger partial charge in [-0.05, 0) is 42.3 Å². The molecule has 1 fully saturated rings. The summed E-state index contributed by atoms with van der Waals surface area (Å²) in [6, 6.07) is 6.83. The zero-order valence-electron chi connectivity index (χ0n) is 13.1. The van der Waals surface area contributed by atoms with Crippen LogP contribution >= 0.6 is 22.7 Å². The van der Waals surface area contributed by atoms with Gasteiger partial charge >= 0.3 is 0 Å². The Hall–Kier alpha value is -1.17. The predicted molar refractivity (Wildman–Crippen MR) is 93.0 cm³/mol. The highest BCUT2D eigenvalue weighted by molar-refractivity contribution is 7.12. The summed E-state index contributed by atoms with van der Waals surface area (Å²) in [7, 11) is 0. The summed E-state index contributed by atoms with van der Waals surface area (Å²) in [5.41, 5.74) is 1.07. The maximum Gasteiger partial charge on any atom is 0.262 e.